The number of thioether (sulfide) groups is 1. The van der Waals surface area contributed by atoms with Crippen molar-refractivity contribution in [1.82, 2.24) is 0 Å². The lowest BCUT2D eigenvalue weighted by Gasteiger charge is -2.18. The van der Waals surface area contributed by atoms with Crippen LogP contribution in [0.15, 0.2) is 16.6 Å². The van der Waals surface area contributed by atoms with Crippen molar-refractivity contribution in [1.29, 1.82) is 0 Å². The highest BCUT2D eigenvalue weighted by Crippen LogP contribution is 2.37. The van der Waals surface area contributed by atoms with Gasteiger partial charge >= 0.3 is 0 Å². The van der Waals surface area contributed by atoms with Gasteiger partial charge in [-0.05, 0) is 28.9 Å². The van der Waals surface area contributed by atoms with E-state index in [1.165, 1.54) is 17.9 Å². The number of hydrogen-bond donors (Lipinski definition) is 0. The van der Waals surface area contributed by atoms with Crippen LogP contribution < -0.4 is 4.90 Å². The normalized spacial score (nSPS) is 18.1. The van der Waals surface area contributed by atoms with Gasteiger partial charge in [-0.2, -0.15) is 0 Å². The lowest BCUT2D eigenvalue weighted by atomic mass is 10.1. The first kappa shape index (κ1) is 16.0. The van der Waals surface area contributed by atoms with E-state index < -0.39 is 4.92 Å². The van der Waals surface area contributed by atoms with Gasteiger partial charge in [-0.15, -0.1) is 0 Å². The SMILES string of the molecule is CC(=O)SC1CC(=O)N(c2cc([N+](=O)[O-])c(C)cc2Br)C1. The van der Waals surface area contributed by atoms with E-state index in [4.69, 9.17) is 0 Å². The molecule has 1 aliphatic rings. The molecular weight excluding hydrogens is 360 g/mol. The van der Waals surface area contributed by atoms with Gasteiger partial charge in [0.1, 0.15) is 0 Å². The van der Waals surface area contributed by atoms with Crippen molar-refractivity contribution in [2.75, 3.05) is 11.4 Å². The fourth-order valence-corrected chi connectivity index (χ4v) is 3.87. The second kappa shape index (κ2) is 6.15. The largest absolute Gasteiger partial charge is 0.310 e. The van der Waals surface area contributed by atoms with E-state index in [0.717, 1.165) is 11.8 Å². The third-order valence-electron chi connectivity index (χ3n) is 3.18. The van der Waals surface area contributed by atoms with Crippen molar-refractivity contribution in [3.05, 3.63) is 32.3 Å². The molecule has 0 N–H and O–H groups in total. The number of benzene rings is 1. The maximum Gasteiger partial charge on any atom is 0.274 e. The van der Waals surface area contributed by atoms with E-state index in [-0.39, 0.29) is 28.4 Å². The monoisotopic (exact) mass is 372 g/mol. The Morgan fingerprint density at radius 3 is 2.76 bits per heavy atom. The highest BCUT2D eigenvalue weighted by molar-refractivity contribution is 9.10. The number of rotatable bonds is 3. The molecule has 21 heavy (non-hydrogen) atoms. The molecule has 0 bridgehead atoms. The molecule has 1 aliphatic heterocycles. The summed E-state index contributed by atoms with van der Waals surface area (Å²) < 4.78 is 0.632. The highest BCUT2D eigenvalue weighted by atomic mass is 79.9. The molecule has 112 valence electrons. The minimum Gasteiger partial charge on any atom is -0.310 e. The van der Waals surface area contributed by atoms with Crippen LogP contribution in [0.5, 0.6) is 0 Å². The number of amides is 1. The maximum absolute atomic E-state index is 12.1. The Kier molecular flexibility index (Phi) is 4.67. The van der Waals surface area contributed by atoms with Crippen LogP contribution in [0.4, 0.5) is 11.4 Å². The molecule has 0 radical (unpaired) electrons. The molecule has 0 aliphatic carbocycles. The first-order chi connectivity index (χ1) is 9.79. The molecule has 0 aromatic heterocycles. The summed E-state index contributed by atoms with van der Waals surface area (Å²) in [5.74, 6) is -0.132. The molecule has 8 heteroatoms. The summed E-state index contributed by atoms with van der Waals surface area (Å²) in [6.45, 7) is 3.49. The summed E-state index contributed by atoms with van der Waals surface area (Å²) in [5, 5.41) is 10.9. The van der Waals surface area contributed by atoms with Gasteiger partial charge < -0.3 is 4.90 Å². The Bertz CT molecular complexity index is 635. The molecular formula is C13H13BrN2O4S. The van der Waals surface area contributed by atoms with Crippen LogP contribution in [0.1, 0.15) is 18.9 Å². The summed E-state index contributed by atoms with van der Waals surface area (Å²) in [7, 11) is 0. The van der Waals surface area contributed by atoms with E-state index in [0.29, 0.717) is 22.3 Å². The lowest BCUT2D eigenvalue weighted by Crippen LogP contribution is -2.25. The topological polar surface area (TPSA) is 80.5 Å². The molecule has 1 heterocycles. The lowest BCUT2D eigenvalue weighted by molar-refractivity contribution is -0.385. The second-order valence-corrected chi connectivity index (χ2v) is 7.12. The molecule has 2 rings (SSSR count). The van der Waals surface area contributed by atoms with Crippen LogP contribution in [0.25, 0.3) is 0 Å². The smallest absolute Gasteiger partial charge is 0.274 e. The summed E-state index contributed by atoms with van der Waals surface area (Å²) in [6, 6.07) is 3.03. The quantitative estimate of drug-likeness (QED) is 0.601. The van der Waals surface area contributed by atoms with Gasteiger partial charge in [0, 0.05) is 41.2 Å². The van der Waals surface area contributed by atoms with E-state index in [1.54, 1.807) is 13.0 Å². The molecule has 1 aromatic rings. The zero-order chi connectivity index (χ0) is 15.7. The highest BCUT2D eigenvalue weighted by Gasteiger charge is 2.33. The predicted octanol–water partition coefficient (Wildman–Crippen LogP) is 3.05. The zero-order valence-corrected chi connectivity index (χ0v) is 13.9. The molecule has 1 aromatic carbocycles. The zero-order valence-electron chi connectivity index (χ0n) is 11.5. The number of anilines is 1. The fraction of sp³-hybridized carbons (Fsp3) is 0.385. The molecule has 6 nitrogen and oxygen atoms in total. The third-order valence-corrected chi connectivity index (χ3v) is 4.79. The number of carbonyl (C=O) groups excluding carboxylic acids is 2. The van der Waals surface area contributed by atoms with E-state index in [9.17, 15) is 19.7 Å². The summed E-state index contributed by atoms with van der Waals surface area (Å²) >= 11 is 4.48. The molecule has 1 atom stereocenters. The standard InChI is InChI=1S/C13H13BrN2O4S/c1-7-3-10(14)12(5-11(7)16(19)20)15-6-9(4-13(15)18)21-8(2)17/h3,5,9H,4,6H2,1-2H3. The van der Waals surface area contributed by atoms with Crippen molar-refractivity contribution < 1.29 is 14.5 Å². The van der Waals surface area contributed by atoms with Gasteiger partial charge in [-0.1, -0.05) is 11.8 Å². The predicted molar refractivity (Wildman–Crippen MR) is 84.6 cm³/mol. The number of nitro groups is 1. The van der Waals surface area contributed by atoms with Crippen LogP contribution in [0.3, 0.4) is 0 Å². The average Bonchev–Trinajstić information content (AvgIpc) is 2.68. The number of carbonyl (C=O) groups is 2. The van der Waals surface area contributed by atoms with Crippen molar-refractivity contribution in [2.24, 2.45) is 0 Å². The molecule has 1 unspecified atom stereocenters. The third kappa shape index (κ3) is 3.44. The Hall–Kier alpha value is -1.41. The van der Waals surface area contributed by atoms with Crippen molar-refractivity contribution >= 4 is 50.1 Å². The first-order valence-electron chi connectivity index (χ1n) is 6.21. The number of hydrogen-bond acceptors (Lipinski definition) is 5. The molecule has 0 saturated carbocycles. The molecule has 1 saturated heterocycles. The summed E-state index contributed by atoms with van der Waals surface area (Å²) in [6.07, 6.45) is 0.262. The van der Waals surface area contributed by atoms with Gasteiger partial charge in [0.2, 0.25) is 5.91 Å². The summed E-state index contributed by atoms with van der Waals surface area (Å²) in [5.41, 5.74) is 0.976. The Balaban J connectivity index is 2.34. The first-order valence-corrected chi connectivity index (χ1v) is 7.89. The van der Waals surface area contributed by atoms with Crippen LogP contribution in [-0.2, 0) is 9.59 Å². The van der Waals surface area contributed by atoms with E-state index >= 15 is 0 Å². The number of nitrogens with zero attached hydrogens (tertiary/aromatic N) is 2. The van der Waals surface area contributed by atoms with Crippen LogP contribution in [0.2, 0.25) is 0 Å². The number of nitro benzene ring substituents is 1. The molecule has 1 fully saturated rings. The van der Waals surface area contributed by atoms with E-state index in [1.807, 2.05) is 0 Å². The average molecular weight is 373 g/mol. The number of halogens is 1. The van der Waals surface area contributed by atoms with Crippen LogP contribution in [-0.4, -0.2) is 27.7 Å². The molecule has 1 amide bonds. The molecule has 0 spiro atoms. The minimum absolute atomic E-state index is 0.0244. The van der Waals surface area contributed by atoms with E-state index in [2.05, 4.69) is 15.9 Å². The van der Waals surface area contributed by atoms with Gasteiger partial charge in [-0.3, -0.25) is 19.7 Å². The Morgan fingerprint density at radius 1 is 1.52 bits per heavy atom. The summed E-state index contributed by atoms with van der Waals surface area (Å²) in [4.78, 5) is 35.3. The van der Waals surface area contributed by atoms with Gasteiger partial charge in [0.15, 0.2) is 5.12 Å². The second-order valence-electron chi connectivity index (χ2n) is 4.79. The van der Waals surface area contributed by atoms with Crippen molar-refractivity contribution in [3.8, 4) is 0 Å². The minimum atomic E-state index is -0.465. The van der Waals surface area contributed by atoms with Crippen LogP contribution in [0, 0.1) is 17.0 Å². The van der Waals surface area contributed by atoms with Crippen molar-refractivity contribution in [3.63, 3.8) is 0 Å². The maximum atomic E-state index is 12.1. The van der Waals surface area contributed by atoms with Gasteiger partial charge in [0.25, 0.3) is 5.69 Å². The Morgan fingerprint density at radius 2 is 2.19 bits per heavy atom. The van der Waals surface area contributed by atoms with Crippen molar-refractivity contribution in [2.45, 2.75) is 25.5 Å². The van der Waals surface area contributed by atoms with Gasteiger partial charge in [-0.25, -0.2) is 0 Å². The fourth-order valence-electron chi connectivity index (χ4n) is 2.28. The number of aryl methyl sites for hydroxylation is 1. The Labute approximate surface area is 134 Å². The van der Waals surface area contributed by atoms with Gasteiger partial charge in [0.05, 0.1) is 10.6 Å². The van der Waals surface area contributed by atoms with Crippen LogP contribution >= 0.6 is 27.7 Å².